The molecular weight excluding hydrogens is 477 g/mol. The van der Waals surface area contributed by atoms with Gasteiger partial charge in [0.2, 0.25) is 10.0 Å². The lowest BCUT2D eigenvalue weighted by atomic mass is 9.96. The first-order valence-corrected chi connectivity index (χ1v) is 12.0. The molecule has 1 heterocycles. The van der Waals surface area contributed by atoms with Crippen LogP contribution in [0.5, 0.6) is 0 Å². The number of rotatable bonds is 6. The predicted octanol–water partition coefficient (Wildman–Crippen LogP) is 5.76. The van der Waals surface area contributed by atoms with Crippen LogP contribution in [-0.4, -0.2) is 14.1 Å². The lowest BCUT2D eigenvalue weighted by Crippen LogP contribution is -2.33. The van der Waals surface area contributed by atoms with Crippen molar-refractivity contribution < 1.29 is 8.42 Å². The number of halogens is 3. The van der Waals surface area contributed by atoms with E-state index in [1.165, 1.54) is 12.1 Å². The zero-order valence-corrected chi connectivity index (χ0v) is 19.2. The molecule has 1 aliphatic heterocycles. The van der Waals surface area contributed by atoms with Crippen LogP contribution in [0.25, 0.3) is 0 Å². The van der Waals surface area contributed by atoms with Crippen LogP contribution >= 0.6 is 34.8 Å². The molecule has 2 atom stereocenters. The van der Waals surface area contributed by atoms with E-state index in [2.05, 4.69) is 15.2 Å². The first-order chi connectivity index (χ1) is 14.8. The van der Waals surface area contributed by atoms with E-state index in [4.69, 9.17) is 34.8 Å². The zero-order valence-electron chi connectivity index (χ0n) is 16.1. The summed E-state index contributed by atoms with van der Waals surface area (Å²) >= 11 is 18.5. The van der Waals surface area contributed by atoms with Crippen molar-refractivity contribution in [3.8, 4) is 0 Å². The molecule has 0 aromatic heterocycles. The van der Waals surface area contributed by atoms with Gasteiger partial charge in [0.05, 0.1) is 22.7 Å². The van der Waals surface area contributed by atoms with Crippen LogP contribution < -0.4 is 10.1 Å². The molecule has 0 radical (unpaired) electrons. The average molecular weight is 495 g/mol. The summed E-state index contributed by atoms with van der Waals surface area (Å²) in [6, 6.07) is 19.7. The van der Waals surface area contributed by atoms with Crippen LogP contribution in [0.15, 0.2) is 82.8 Å². The lowest BCUT2D eigenvalue weighted by Gasteiger charge is -2.21. The third kappa shape index (κ3) is 5.05. The Kier molecular flexibility index (Phi) is 6.55. The molecular formula is C22H18Cl3N3O2S. The smallest absolute Gasteiger partial charge is 0.241 e. The molecule has 0 spiro atoms. The van der Waals surface area contributed by atoms with Crippen LogP contribution in [-0.2, 0) is 10.0 Å². The second-order valence-corrected chi connectivity index (χ2v) is 10.1. The van der Waals surface area contributed by atoms with E-state index in [0.717, 1.165) is 5.56 Å². The molecule has 0 bridgehead atoms. The molecule has 5 nitrogen and oxygen atoms in total. The Balaban J connectivity index is 1.67. The van der Waals surface area contributed by atoms with Gasteiger partial charge in [0.25, 0.3) is 0 Å². The summed E-state index contributed by atoms with van der Waals surface area (Å²) in [5, 5.41) is 5.91. The first-order valence-electron chi connectivity index (χ1n) is 9.43. The highest BCUT2D eigenvalue weighted by Crippen LogP contribution is 2.33. The Hall–Kier alpha value is -2.09. The Labute approximate surface area is 196 Å². The van der Waals surface area contributed by atoms with Crippen molar-refractivity contribution in [3.63, 3.8) is 0 Å². The highest BCUT2D eigenvalue weighted by Gasteiger charge is 2.32. The number of hydrogen-bond acceptors (Lipinski definition) is 4. The van der Waals surface area contributed by atoms with E-state index in [1.807, 2.05) is 24.3 Å². The van der Waals surface area contributed by atoms with Crippen LogP contribution in [0.1, 0.15) is 29.6 Å². The normalized spacial score (nSPS) is 17.1. The van der Waals surface area contributed by atoms with Crippen LogP contribution in [0.4, 0.5) is 0 Å². The molecule has 0 aliphatic carbocycles. The van der Waals surface area contributed by atoms with E-state index in [9.17, 15) is 8.42 Å². The molecule has 160 valence electrons. The molecule has 0 saturated heterocycles. The van der Waals surface area contributed by atoms with E-state index >= 15 is 0 Å². The van der Waals surface area contributed by atoms with Gasteiger partial charge in [0.15, 0.2) is 0 Å². The van der Waals surface area contributed by atoms with Crippen molar-refractivity contribution in [2.45, 2.75) is 23.4 Å². The Bertz CT molecular complexity index is 1220. The van der Waals surface area contributed by atoms with Gasteiger partial charge in [-0.15, -0.1) is 0 Å². The van der Waals surface area contributed by atoms with Gasteiger partial charge in [-0.1, -0.05) is 71.2 Å². The summed E-state index contributed by atoms with van der Waals surface area (Å²) in [6.45, 7) is 0. The van der Waals surface area contributed by atoms with Gasteiger partial charge < -0.3 is 5.43 Å². The molecule has 9 heteroatoms. The van der Waals surface area contributed by atoms with Crippen molar-refractivity contribution >= 4 is 50.5 Å². The maximum Gasteiger partial charge on any atom is 0.241 e. The number of hydrogen-bond donors (Lipinski definition) is 2. The number of hydrazone groups is 1. The fourth-order valence-electron chi connectivity index (χ4n) is 3.40. The van der Waals surface area contributed by atoms with Crippen LogP contribution in [0.3, 0.4) is 0 Å². The molecule has 31 heavy (non-hydrogen) atoms. The average Bonchev–Trinajstić information content (AvgIpc) is 3.24. The summed E-state index contributed by atoms with van der Waals surface area (Å²) < 4.78 is 28.9. The summed E-state index contributed by atoms with van der Waals surface area (Å²) in [6.07, 6.45) is 0.489. The third-order valence-electron chi connectivity index (χ3n) is 4.98. The topological polar surface area (TPSA) is 70.6 Å². The summed E-state index contributed by atoms with van der Waals surface area (Å²) in [4.78, 5) is 0.158. The Morgan fingerprint density at radius 2 is 1.61 bits per heavy atom. The predicted molar refractivity (Wildman–Crippen MR) is 125 cm³/mol. The monoisotopic (exact) mass is 493 g/mol. The molecule has 0 saturated carbocycles. The number of benzene rings is 3. The molecule has 4 rings (SSSR count). The van der Waals surface area contributed by atoms with E-state index in [1.54, 1.807) is 36.4 Å². The van der Waals surface area contributed by atoms with Crippen LogP contribution in [0, 0.1) is 0 Å². The van der Waals surface area contributed by atoms with Gasteiger partial charge in [0.1, 0.15) is 0 Å². The summed E-state index contributed by atoms with van der Waals surface area (Å²) in [5.41, 5.74) is 5.27. The van der Waals surface area contributed by atoms with Crippen molar-refractivity contribution in [3.05, 3.63) is 99.0 Å². The minimum atomic E-state index is -3.83. The fourth-order valence-corrected chi connectivity index (χ4v) is 5.27. The van der Waals surface area contributed by atoms with Crippen LogP contribution in [0.2, 0.25) is 15.1 Å². The molecule has 3 aromatic carbocycles. The second kappa shape index (κ2) is 9.18. The minimum absolute atomic E-state index is 0.109. The van der Waals surface area contributed by atoms with Gasteiger partial charge >= 0.3 is 0 Å². The summed E-state index contributed by atoms with van der Waals surface area (Å²) in [7, 11) is -3.83. The van der Waals surface area contributed by atoms with Crippen molar-refractivity contribution in [1.82, 2.24) is 10.1 Å². The highest BCUT2D eigenvalue weighted by molar-refractivity contribution is 7.89. The molecule has 3 aromatic rings. The SMILES string of the molecule is O=S(=O)(NC(C1=NNC(c2ccc(Cl)cc2)C1)c1ccc(Cl)cc1Cl)c1ccccc1. The molecule has 1 aliphatic rings. The Morgan fingerprint density at radius 1 is 0.935 bits per heavy atom. The lowest BCUT2D eigenvalue weighted by molar-refractivity contribution is 0.576. The highest BCUT2D eigenvalue weighted by atomic mass is 35.5. The summed E-state index contributed by atoms with van der Waals surface area (Å²) in [5.74, 6) is 0. The molecule has 2 unspecified atom stereocenters. The minimum Gasteiger partial charge on any atom is -0.302 e. The number of nitrogens with zero attached hydrogens (tertiary/aromatic N) is 1. The number of nitrogens with one attached hydrogen (secondary N) is 2. The molecule has 0 fully saturated rings. The number of sulfonamides is 1. The van der Waals surface area contributed by atoms with Gasteiger partial charge in [-0.25, -0.2) is 8.42 Å². The van der Waals surface area contributed by atoms with E-state index in [-0.39, 0.29) is 10.9 Å². The van der Waals surface area contributed by atoms with E-state index in [0.29, 0.717) is 32.8 Å². The molecule has 2 N–H and O–H groups in total. The fraction of sp³-hybridized carbons (Fsp3) is 0.136. The second-order valence-electron chi connectivity index (χ2n) is 7.07. The quantitative estimate of drug-likeness (QED) is 0.458. The maximum atomic E-state index is 13.1. The van der Waals surface area contributed by atoms with Gasteiger partial charge in [0, 0.05) is 21.5 Å². The van der Waals surface area contributed by atoms with Gasteiger partial charge in [-0.2, -0.15) is 9.82 Å². The first kappa shape index (κ1) is 22.1. The maximum absolute atomic E-state index is 13.1. The zero-order chi connectivity index (χ0) is 22.0. The van der Waals surface area contributed by atoms with Gasteiger partial charge in [-0.05, 0) is 47.5 Å². The van der Waals surface area contributed by atoms with E-state index < -0.39 is 16.1 Å². The van der Waals surface area contributed by atoms with Gasteiger partial charge in [-0.3, -0.25) is 0 Å². The Morgan fingerprint density at radius 3 is 2.29 bits per heavy atom. The standard InChI is InChI=1S/C22H18Cl3N3O2S/c23-15-8-6-14(7-9-15)20-13-21(27-26-20)22(18-11-10-16(24)12-19(18)25)28-31(29,30)17-4-2-1-3-5-17/h1-12,20,22,26,28H,13H2. The van der Waals surface area contributed by atoms with Crippen molar-refractivity contribution in [1.29, 1.82) is 0 Å². The van der Waals surface area contributed by atoms with Crippen molar-refractivity contribution in [2.75, 3.05) is 0 Å². The van der Waals surface area contributed by atoms with Crippen molar-refractivity contribution in [2.24, 2.45) is 5.10 Å². The molecule has 0 amide bonds. The third-order valence-corrected chi connectivity index (χ3v) is 7.24. The largest absolute Gasteiger partial charge is 0.302 e.